The molecule has 1 heterocycles. The Morgan fingerprint density at radius 1 is 1.15 bits per heavy atom. The summed E-state index contributed by atoms with van der Waals surface area (Å²) in [7, 11) is 1.47. The van der Waals surface area contributed by atoms with E-state index in [9.17, 15) is 14.4 Å². The number of halogens is 1. The summed E-state index contributed by atoms with van der Waals surface area (Å²) < 4.78 is 5.11. The number of anilines is 1. The molecule has 0 aromatic heterocycles. The third kappa shape index (κ3) is 3.43. The van der Waals surface area contributed by atoms with Gasteiger partial charge in [0.25, 0.3) is 5.91 Å². The molecule has 0 spiro atoms. The quantitative estimate of drug-likeness (QED) is 0.661. The highest BCUT2D eigenvalue weighted by Gasteiger charge is 2.40. The van der Waals surface area contributed by atoms with Gasteiger partial charge in [-0.25, -0.2) is 9.69 Å². The number of nitrogens with one attached hydrogen (secondary N) is 1. The van der Waals surface area contributed by atoms with Crippen LogP contribution in [-0.4, -0.2) is 31.2 Å². The van der Waals surface area contributed by atoms with Gasteiger partial charge in [0, 0.05) is 12.3 Å². The smallest absolute Gasteiger partial charge is 0.335 e. The first kappa shape index (κ1) is 17.6. The molecule has 2 aromatic rings. The fourth-order valence-electron chi connectivity index (χ4n) is 2.43. The van der Waals surface area contributed by atoms with Crippen LogP contribution in [0.15, 0.2) is 53.5 Å². The first-order chi connectivity index (χ1) is 12.5. The monoisotopic (exact) mass is 371 g/mol. The van der Waals surface area contributed by atoms with Crippen molar-refractivity contribution in [3.63, 3.8) is 0 Å². The zero-order chi connectivity index (χ0) is 18.7. The molecule has 1 aliphatic rings. The van der Waals surface area contributed by atoms with Gasteiger partial charge >= 0.3 is 6.03 Å². The van der Waals surface area contributed by atoms with Gasteiger partial charge in [0.05, 0.1) is 23.5 Å². The lowest BCUT2D eigenvalue weighted by atomic mass is 10.1. The topological polar surface area (TPSA) is 88.1 Å². The van der Waals surface area contributed by atoms with Crippen LogP contribution in [0.5, 0.6) is 5.75 Å². The number of barbiturate groups is 1. The first-order valence-corrected chi connectivity index (χ1v) is 8.00. The number of ether oxygens (including phenoxy) is 1. The second kappa shape index (κ2) is 7.37. The molecule has 2 aromatic carbocycles. The molecule has 3 rings (SSSR count). The maximum atomic E-state index is 12.7. The van der Waals surface area contributed by atoms with Crippen LogP contribution in [-0.2, 0) is 9.59 Å². The van der Waals surface area contributed by atoms with Crippen molar-refractivity contribution in [3.05, 3.63) is 53.6 Å². The highest BCUT2D eigenvalue weighted by molar-refractivity contribution is 6.34. The number of amides is 4. The Labute approximate surface area is 154 Å². The molecular weight excluding hydrogens is 358 g/mol. The highest BCUT2D eigenvalue weighted by Crippen LogP contribution is 2.26. The van der Waals surface area contributed by atoms with E-state index in [4.69, 9.17) is 16.3 Å². The minimum absolute atomic E-state index is 0.287. The summed E-state index contributed by atoms with van der Waals surface area (Å²) in [5.74, 6) is -2.23. The fourth-order valence-corrected chi connectivity index (χ4v) is 2.61. The molecule has 1 saturated heterocycles. The van der Waals surface area contributed by atoms with Crippen LogP contribution in [0, 0.1) is 5.92 Å². The van der Waals surface area contributed by atoms with Crippen molar-refractivity contribution in [2.45, 2.75) is 0 Å². The number of hydrogen-bond acceptors (Lipinski definition) is 5. The van der Waals surface area contributed by atoms with Crippen LogP contribution in [0.1, 0.15) is 0 Å². The van der Waals surface area contributed by atoms with E-state index >= 15 is 0 Å². The average molecular weight is 372 g/mol. The minimum Gasteiger partial charge on any atom is -0.497 e. The van der Waals surface area contributed by atoms with Crippen LogP contribution in [0.3, 0.4) is 0 Å². The minimum atomic E-state index is -1.25. The average Bonchev–Trinajstić information content (AvgIpc) is 2.63. The number of methoxy groups -OCH3 is 1. The normalized spacial score (nSPS) is 17.5. The van der Waals surface area contributed by atoms with Crippen LogP contribution >= 0.6 is 11.6 Å². The van der Waals surface area contributed by atoms with E-state index in [1.807, 2.05) is 0 Å². The number of hydrogen-bond donors (Lipinski definition) is 1. The summed E-state index contributed by atoms with van der Waals surface area (Å²) in [5, 5.41) is 2.54. The Morgan fingerprint density at radius 3 is 2.65 bits per heavy atom. The van der Waals surface area contributed by atoms with Crippen LogP contribution in [0.2, 0.25) is 5.02 Å². The number of urea groups is 1. The molecule has 26 heavy (non-hydrogen) atoms. The summed E-state index contributed by atoms with van der Waals surface area (Å²) >= 11 is 6.02. The van der Waals surface area contributed by atoms with Gasteiger partial charge in [0.1, 0.15) is 5.75 Å². The van der Waals surface area contributed by atoms with E-state index in [0.29, 0.717) is 16.5 Å². The number of carbonyl (C=O) groups excluding carboxylic acids is 3. The Bertz CT molecular complexity index is 913. The van der Waals surface area contributed by atoms with E-state index in [-0.39, 0.29) is 5.69 Å². The SMILES string of the molecule is COc1cccc(N2C(=O)NC(=O)[C@@H](C=Nc3ccccc3Cl)C2=O)c1. The molecular formula is C18H14ClN3O4. The van der Waals surface area contributed by atoms with Gasteiger partial charge in [-0.15, -0.1) is 0 Å². The van der Waals surface area contributed by atoms with Crippen molar-refractivity contribution in [1.82, 2.24) is 5.32 Å². The van der Waals surface area contributed by atoms with E-state index in [0.717, 1.165) is 4.90 Å². The van der Waals surface area contributed by atoms with Crippen LogP contribution in [0.4, 0.5) is 16.2 Å². The molecule has 132 valence electrons. The zero-order valence-electron chi connectivity index (χ0n) is 13.7. The molecule has 0 unspecified atom stereocenters. The number of nitrogens with zero attached hydrogens (tertiary/aromatic N) is 2. The van der Waals surface area contributed by atoms with Crippen LogP contribution in [0.25, 0.3) is 0 Å². The molecule has 0 aliphatic carbocycles. The van der Waals surface area contributed by atoms with Gasteiger partial charge in [0.2, 0.25) is 5.91 Å². The lowest BCUT2D eigenvalue weighted by Crippen LogP contribution is -2.58. The van der Waals surface area contributed by atoms with Gasteiger partial charge in [-0.3, -0.25) is 19.9 Å². The van der Waals surface area contributed by atoms with E-state index in [2.05, 4.69) is 10.3 Å². The maximum Gasteiger partial charge on any atom is 0.335 e. The number of para-hydroxylation sites is 1. The van der Waals surface area contributed by atoms with E-state index in [1.54, 1.807) is 42.5 Å². The lowest BCUT2D eigenvalue weighted by Gasteiger charge is -2.28. The number of rotatable bonds is 4. The number of aliphatic imine (C=N–C) groups is 1. The molecule has 0 bridgehead atoms. The van der Waals surface area contributed by atoms with Crippen molar-refractivity contribution in [3.8, 4) is 5.75 Å². The summed E-state index contributed by atoms with van der Waals surface area (Å²) in [5.41, 5.74) is 0.704. The Morgan fingerprint density at radius 2 is 1.92 bits per heavy atom. The van der Waals surface area contributed by atoms with Gasteiger partial charge in [0.15, 0.2) is 5.92 Å². The van der Waals surface area contributed by atoms with Crippen molar-refractivity contribution < 1.29 is 19.1 Å². The van der Waals surface area contributed by atoms with Crippen LogP contribution < -0.4 is 15.0 Å². The number of imide groups is 2. The third-order valence-corrected chi connectivity index (χ3v) is 4.05. The largest absolute Gasteiger partial charge is 0.497 e. The molecule has 1 fully saturated rings. The van der Waals surface area contributed by atoms with Crippen molar-refractivity contribution in [2.75, 3.05) is 12.0 Å². The molecule has 7 nitrogen and oxygen atoms in total. The molecule has 4 amide bonds. The Balaban J connectivity index is 1.91. The Hall–Kier alpha value is -3.19. The van der Waals surface area contributed by atoms with Crippen molar-refractivity contribution >= 4 is 47.0 Å². The van der Waals surface area contributed by atoms with Gasteiger partial charge < -0.3 is 4.74 Å². The van der Waals surface area contributed by atoms with Gasteiger partial charge in [-0.05, 0) is 24.3 Å². The molecule has 1 aliphatic heterocycles. The maximum absolute atomic E-state index is 12.7. The zero-order valence-corrected chi connectivity index (χ0v) is 14.4. The van der Waals surface area contributed by atoms with E-state index in [1.165, 1.54) is 19.4 Å². The summed E-state index contributed by atoms with van der Waals surface area (Å²) in [4.78, 5) is 42.0. The summed E-state index contributed by atoms with van der Waals surface area (Å²) in [6.45, 7) is 0. The second-order valence-corrected chi connectivity index (χ2v) is 5.78. The summed E-state index contributed by atoms with van der Waals surface area (Å²) in [6.07, 6.45) is 1.18. The molecule has 1 N–H and O–H groups in total. The van der Waals surface area contributed by atoms with Gasteiger partial charge in [-0.2, -0.15) is 0 Å². The van der Waals surface area contributed by atoms with Gasteiger partial charge in [-0.1, -0.05) is 29.8 Å². The second-order valence-electron chi connectivity index (χ2n) is 5.38. The number of benzene rings is 2. The van der Waals surface area contributed by atoms with Crippen molar-refractivity contribution in [2.24, 2.45) is 10.9 Å². The molecule has 0 saturated carbocycles. The lowest BCUT2D eigenvalue weighted by molar-refractivity contribution is -0.131. The van der Waals surface area contributed by atoms with Crippen molar-refractivity contribution in [1.29, 1.82) is 0 Å². The highest BCUT2D eigenvalue weighted by atomic mass is 35.5. The predicted molar refractivity (Wildman–Crippen MR) is 97.1 cm³/mol. The Kier molecular flexibility index (Phi) is 4.99. The third-order valence-electron chi connectivity index (χ3n) is 3.73. The molecule has 0 radical (unpaired) electrons. The summed E-state index contributed by atoms with van der Waals surface area (Å²) in [6, 6.07) is 12.3. The van der Waals surface area contributed by atoms with E-state index < -0.39 is 23.8 Å². The first-order valence-electron chi connectivity index (χ1n) is 7.63. The molecule has 8 heteroatoms. The number of carbonyl (C=O) groups is 3. The predicted octanol–water partition coefficient (Wildman–Crippen LogP) is 2.95. The fraction of sp³-hybridized carbons (Fsp3) is 0.111. The molecule has 1 atom stereocenters. The standard InChI is InChI=1S/C18H14ClN3O4/c1-26-12-6-4-5-11(9-12)22-17(24)13(16(23)21-18(22)25)10-20-15-8-3-2-7-14(15)19/h2-10,13H,1H3,(H,21,23,25)/t13-/m1/s1.